The highest BCUT2D eigenvalue weighted by atomic mass is 16.5. The second kappa shape index (κ2) is 8.33. The van der Waals surface area contributed by atoms with E-state index in [0.717, 1.165) is 19.3 Å². The van der Waals surface area contributed by atoms with Gasteiger partial charge in [-0.25, -0.2) is 0 Å². The second-order valence-corrected chi connectivity index (χ2v) is 5.77. The molecule has 2 rings (SSSR count). The van der Waals surface area contributed by atoms with Crippen LogP contribution in [0.2, 0.25) is 0 Å². The molecule has 0 unspecified atom stereocenters. The molecule has 0 spiro atoms. The van der Waals surface area contributed by atoms with E-state index >= 15 is 0 Å². The fourth-order valence-corrected chi connectivity index (χ4v) is 2.21. The van der Waals surface area contributed by atoms with Crippen molar-refractivity contribution < 1.29 is 23.9 Å². The van der Waals surface area contributed by atoms with Gasteiger partial charge in [0.15, 0.2) is 6.61 Å². The summed E-state index contributed by atoms with van der Waals surface area (Å²) in [5.41, 5.74) is 0.580. The zero-order valence-electron chi connectivity index (χ0n) is 13.9. The maximum atomic E-state index is 12.0. The smallest absolute Gasteiger partial charge is 0.309 e. The number of benzene rings is 1. The van der Waals surface area contributed by atoms with Gasteiger partial charge >= 0.3 is 5.97 Å². The quantitative estimate of drug-likeness (QED) is 0.763. The number of carbonyl (C=O) groups excluding carboxylic acids is 3. The van der Waals surface area contributed by atoms with E-state index in [9.17, 15) is 14.4 Å². The van der Waals surface area contributed by atoms with E-state index in [1.165, 1.54) is 19.1 Å². The Kier molecular flexibility index (Phi) is 6.17. The normalized spacial score (nSPS) is 13.6. The van der Waals surface area contributed by atoms with Gasteiger partial charge in [-0.2, -0.15) is 0 Å². The van der Waals surface area contributed by atoms with Crippen LogP contribution in [0.5, 0.6) is 5.75 Å². The van der Waals surface area contributed by atoms with Gasteiger partial charge in [0.25, 0.3) is 5.91 Å². The third-order valence-corrected chi connectivity index (χ3v) is 3.94. The SMILES string of the molecule is COc1cccc(NC(=O)CN(C)C(=O)COC(=O)C2CCC2)c1. The summed E-state index contributed by atoms with van der Waals surface area (Å²) in [6.07, 6.45) is 2.68. The predicted octanol–water partition coefficient (Wildman–Crippen LogP) is 1.44. The zero-order valence-corrected chi connectivity index (χ0v) is 13.9. The van der Waals surface area contributed by atoms with Crippen molar-refractivity contribution in [3.8, 4) is 5.75 Å². The molecule has 1 aliphatic carbocycles. The molecular formula is C17H22N2O5. The number of nitrogens with zero attached hydrogens (tertiary/aromatic N) is 1. The molecule has 24 heavy (non-hydrogen) atoms. The standard InChI is InChI=1S/C17H22N2O5/c1-19(16(21)11-24-17(22)12-5-3-6-12)10-15(20)18-13-7-4-8-14(9-13)23-2/h4,7-9,12H,3,5-6,10-11H2,1-2H3,(H,18,20). The highest BCUT2D eigenvalue weighted by molar-refractivity contribution is 5.95. The first-order valence-corrected chi connectivity index (χ1v) is 7.84. The largest absolute Gasteiger partial charge is 0.497 e. The van der Waals surface area contributed by atoms with Crippen LogP contribution in [0.1, 0.15) is 19.3 Å². The second-order valence-electron chi connectivity index (χ2n) is 5.77. The number of rotatable bonds is 7. The minimum Gasteiger partial charge on any atom is -0.497 e. The maximum Gasteiger partial charge on any atom is 0.309 e. The lowest BCUT2D eigenvalue weighted by molar-refractivity contribution is -0.157. The molecule has 2 amide bonds. The molecule has 0 heterocycles. The molecule has 130 valence electrons. The average molecular weight is 334 g/mol. The number of likely N-dealkylation sites (N-methyl/N-ethyl adjacent to an activating group) is 1. The summed E-state index contributed by atoms with van der Waals surface area (Å²) in [6, 6.07) is 6.92. The Labute approximate surface area is 140 Å². The number of amides is 2. The van der Waals surface area contributed by atoms with Gasteiger partial charge in [-0.15, -0.1) is 0 Å². The molecule has 1 aliphatic rings. The van der Waals surface area contributed by atoms with Gasteiger partial charge in [-0.1, -0.05) is 12.5 Å². The van der Waals surface area contributed by atoms with E-state index in [1.807, 2.05) is 0 Å². The number of carbonyl (C=O) groups is 3. The van der Waals surface area contributed by atoms with Crippen LogP contribution in [0, 0.1) is 5.92 Å². The first kappa shape index (κ1) is 17.8. The monoisotopic (exact) mass is 334 g/mol. The topological polar surface area (TPSA) is 84.9 Å². The molecule has 0 aromatic heterocycles. The third-order valence-electron chi connectivity index (χ3n) is 3.94. The summed E-state index contributed by atoms with van der Waals surface area (Å²) >= 11 is 0. The van der Waals surface area contributed by atoms with Gasteiger partial charge in [-0.05, 0) is 25.0 Å². The van der Waals surface area contributed by atoms with Crippen molar-refractivity contribution in [1.29, 1.82) is 0 Å². The van der Waals surface area contributed by atoms with Crippen LogP contribution in [0.3, 0.4) is 0 Å². The lowest BCUT2D eigenvalue weighted by atomic mass is 9.86. The van der Waals surface area contributed by atoms with E-state index in [1.54, 1.807) is 24.3 Å². The average Bonchev–Trinajstić information content (AvgIpc) is 2.50. The number of ether oxygens (including phenoxy) is 2. The van der Waals surface area contributed by atoms with Crippen molar-refractivity contribution in [2.45, 2.75) is 19.3 Å². The molecule has 7 heteroatoms. The maximum absolute atomic E-state index is 12.0. The first-order chi connectivity index (χ1) is 11.5. The van der Waals surface area contributed by atoms with Gasteiger partial charge in [-0.3, -0.25) is 14.4 Å². The number of anilines is 1. The number of hydrogen-bond acceptors (Lipinski definition) is 5. The lowest BCUT2D eigenvalue weighted by Gasteiger charge is -2.23. The molecule has 1 fully saturated rings. The van der Waals surface area contributed by atoms with Crippen LogP contribution in [-0.4, -0.2) is 50.0 Å². The van der Waals surface area contributed by atoms with E-state index in [2.05, 4.69) is 5.32 Å². The fraction of sp³-hybridized carbons (Fsp3) is 0.471. The Balaban J connectivity index is 1.75. The molecular weight excluding hydrogens is 312 g/mol. The molecule has 7 nitrogen and oxygen atoms in total. The molecule has 0 aliphatic heterocycles. The van der Waals surface area contributed by atoms with Crippen molar-refractivity contribution >= 4 is 23.5 Å². The summed E-state index contributed by atoms with van der Waals surface area (Å²) in [4.78, 5) is 36.7. The zero-order chi connectivity index (χ0) is 17.5. The Morgan fingerprint density at radius 1 is 1.29 bits per heavy atom. The Bertz CT molecular complexity index is 613. The van der Waals surface area contributed by atoms with E-state index in [-0.39, 0.29) is 30.9 Å². The van der Waals surface area contributed by atoms with Crippen LogP contribution in [0.15, 0.2) is 24.3 Å². The number of nitrogens with one attached hydrogen (secondary N) is 1. The molecule has 0 bridgehead atoms. The summed E-state index contributed by atoms with van der Waals surface area (Å²) < 4.78 is 10.1. The van der Waals surface area contributed by atoms with Gasteiger partial charge in [0.1, 0.15) is 5.75 Å². The van der Waals surface area contributed by atoms with Crippen molar-refractivity contribution in [2.24, 2.45) is 5.92 Å². The van der Waals surface area contributed by atoms with Gasteiger partial charge in [0, 0.05) is 18.8 Å². The number of hydrogen-bond donors (Lipinski definition) is 1. The third kappa shape index (κ3) is 4.97. The van der Waals surface area contributed by atoms with Crippen LogP contribution in [-0.2, 0) is 19.1 Å². The molecule has 1 N–H and O–H groups in total. The molecule has 0 radical (unpaired) electrons. The summed E-state index contributed by atoms with van der Waals surface area (Å²) in [6.45, 7) is -0.463. The van der Waals surface area contributed by atoms with Crippen LogP contribution >= 0.6 is 0 Å². The number of esters is 1. The van der Waals surface area contributed by atoms with Crippen LogP contribution in [0.25, 0.3) is 0 Å². The van der Waals surface area contributed by atoms with E-state index in [0.29, 0.717) is 11.4 Å². The van der Waals surface area contributed by atoms with Crippen molar-refractivity contribution in [1.82, 2.24) is 4.90 Å². The van der Waals surface area contributed by atoms with Gasteiger partial charge < -0.3 is 19.7 Å². The Morgan fingerprint density at radius 3 is 2.67 bits per heavy atom. The number of methoxy groups -OCH3 is 1. The Morgan fingerprint density at radius 2 is 2.04 bits per heavy atom. The predicted molar refractivity (Wildman–Crippen MR) is 87.6 cm³/mol. The van der Waals surface area contributed by atoms with E-state index in [4.69, 9.17) is 9.47 Å². The van der Waals surface area contributed by atoms with Crippen molar-refractivity contribution in [3.05, 3.63) is 24.3 Å². The summed E-state index contributed by atoms with van der Waals surface area (Å²) in [5, 5.41) is 2.68. The van der Waals surface area contributed by atoms with Crippen molar-refractivity contribution in [2.75, 3.05) is 32.6 Å². The summed E-state index contributed by atoms with van der Waals surface area (Å²) in [5.74, 6) is -0.531. The van der Waals surface area contributed by atoms with Crippen molar-refractivity contribution in [3.63, 3.8) is 0 Å². The van der Waals surface area contributed by atoms with Crippen LogP contribution in [0.4, 0.5) is 5.69 Å². The summed E-state index contributed by atoms with van der Waals surface area (Å²) in [7, 11) is 3.03. The molecule has 0 saturated heterocycles. The molecule has 1 aromatic carbocycles. The molecule has 1 aromatic rings. The highest BCUT2D eigenvalue weighted by Crippen LogP contribution is 2.27. The minimum atomic E-state index is -0.413. The fourth-order valence-electron chi connectivity index (χ4n) is 2.21. The Hall–Kier alpha value is -2.57. The molecule has 0 atom stereocenters. The van der Waals surface area contributed by atoms with Crippen LogP contribution < -0.4 is 10.1 Å². The molecule has 1 saturated carbocycles. The highest BCUT2D eigenvalue weighted by Gasteiger charge is 2.27. The van der Waals surface area contributed by atoms with E-state index < -0.39 is 5.91 Å². The lowest BCUT2D eigenvalue weighted by Crippen LogP contribution is -2.38. The van der Waals surface area contributed by atoms with Gasteiger partial charge in [0.2, 0.25) is 5.91 Å². The minimum absolute atomic E-state index is 0.0699. The first-order valence-electron chi connectivity index (χ1n) is 7.84. The van der Waals surface area contributed by atoms with Gasteiger partial charge in [0.05, 0.1) is 19.6 Å².